The van der Waals surface area contributed by atoms with Crippen LogP contribution in [0.1, 0.15) is 16.1 Å². The second-order valence-electron chi connectivity index (χ2n) is 4.28. The van der Waals surface area contributed by atoms with Crippen molar-refractivity contribution in [2.75, 3.05) is 26.7 Å². The molecule has 0 atom stereocenters. The van der Waals surface area contributed by atoms with Gasteiger partial charge in [0.05, 0.1) is 17.4 Å². The number of nitrogens with zero attached hydrogens (tertiary/aromatic N) is 1. The number of sulfonamides is 1. The van der Waals surface area contributed by atoms with Gasteiger partial charge in [-0.3, -0.25) is 4.79 Å². The van der Waals surface area contributed by atoms with Crippen molar-refractivity contribution in [3.05, 3.63) is 14.7 Å². The second-order valence-corrected chi connectivity index (χ2v) is 8.56. The van der Waals surface area contributed by atoms with E-state index in [4.69, 9.17) is 0 Å². The summed E-state index contributed by atoms with van der Waals surface area (Å²) in [5.41, 5.74) is 0. The third-order valence-corrected chi connectivity index (χ3v) is 6.96. The lowest BCUT2D eigenvalue weighted by atomic mass is 10.4. The van der Waals surface area contributed by atoms with Crippen LogP contribution in [0.15, 0.2) is 14.7 Å². The Kier molecular flexibility index (Phi) is 5.02. The van der Waals surface area contributed by atoms with Crippen LogP contribution in [0.2, 0.25) is 0 Å². The molecule has 10 heteroatoms. The van der Waals surface area contributed by atoms with Gasteiger partial charge in [-0.1, -0.05) is 0 Å². The van der Waals surface area contributed by atoms with Gasteiger partial charge in [0.15, 0.2) is 0 Å². The Hall–Kier alpha value is -0.970. The molecule has 1 amide bonds. The first-order chi connectivity index (χ1) is 9.86. The largest absolute Gasteiger partial charge is 0.465 e. The number of carbonyl (C=O) groups is 2. The van der Waals surface area contributed by atoms with Crippen molar-refractivity contribution in [3.63, 3.8) is 0 Å². The van der Waals surface area contributed by atoms with Gasteiger partial charge in [0, 0.05) is 13.1 Å². The average molecular weight is 397 g/mol. The fourth-order valence-corrected chi connectivity index (χ4v) is 5.72. The average Bonchev–Trinajstić information content (AvgIpc) is 2.69. The fraction of sp³-hybridized carbons (Fsp3) is 0.455. The first-order valence-electron chi connectivity index (χ1n) is 6.00. The Morgan fingerprint density at radius 1 is 1.52 bits per heavy atom. The lowest BCUT2D eigenvalue weighted by Gasteiger charge is -2.18. The zero-order valence-electron chi connectivity index (χ0n) is 11.1. The van der Waals surface area contributed by atoms with Crippen molar-refractivity contribution in [3.8, 4) is 0 Å². The van der Waals surface area contributed by atoms with Gasteiger partial charge >= 0.3 is 5.97 Å². The molecular weight excluding hydrogens is 384 g/mol. The molecule has 7 nitrogen and oxygen atoms in total. The molecule has 1 aliphatic heterocycles. The molecule has 21 heavy (non-hydrogen) atoms. The van der Waals surface area contributed by atoms with E-state index in [0.29, 0.717) is 16.8 Å². The molecule has 0 spiro atoms. The maximum atomic E-state index is 12.6. The van der Waals surface area contributed by atoms with Crippen LogP contribution in [0.4, 0.5) is 0 Å². The van der Waals surface area contributed by atoms with Crippen LogP contribution in [0.3, 0.4) is 0 Å². The quantitative estimate of drug-likeness (QED) is 0.762. The van der Waals surface area contributed by atoms with Crippen molar-refractivity contribution in [2.24, 2.45) is 0 Å². The van der Waals surface area contributed by atoms with Gasteiger partial charge in [-0.05, 0) is 28.4 Å². The minimum atomic E-state index is -3.84. The van der Waals surface area contributed by atoms with E-state index in [1.54, 1.807) is 0 Å². The lowest BCUT2D eigenvalue weighted by Crippen LogP contribution is -2.37. The molecule has 0 saturated carbocycles. The molecule has 2 heterocycles. The second kappa shape index (κ2) is 6.42. The summed E-state index contributed by atoms with van der Waals surface area (Å²) < 4.78 is 31.2. The Labute approximate surface area is 134 Å². The van der Waals surface area contributed by atoms with Crippen LogP contribution in [0.5, 0.6) is 0 Å². The van der Waals surface area contributed by atoms with Gasteiger partial charge in [-0.15, -0.1) is 11.3 Å². The lowest BCUT2D eigenvalue weighted by molar-refractivity contribution is -0.120. The number of amides is 1. The predicted octanol–water partition coefficient (Wildman–Crippen LogP) is 0.808. The van der Waals surface area contributed by atoms with E-state index in [0.717, 1.165) is 15.6 Å². The van der Waals surface area contributed by atoms with E-state index in [9.17, 15) is 18.0 Å². The molecule has 0 bridgehead atoms. The van der Waals surface area contributed by atoms with Crippen LogP contribution >= 0.6 is 27.3 Å². The summed E-state index contributed by atoms with van der Waals surface area (Å²) >= 11 is 4.14. The number of hydrogen-bond acceptors (Lipinski definition) is 6. The van der Waals surface area contributed by atoms with Crippen LogP contribution in [-0.2, 0) is 19.6 Å². The number of carbonyl (C=O) groups excluding carboxylic acids is 2. The Bertz CT molecular complexity index is 670. The van der Waals surface area contributed by atoms with Gasteiger partial charge in [-0.2, -0.15) is 4.31 Å². The number of thiophene rings is 1. The van der Waals surface area contributed by atoms with Crippen molar-refractivity contribution in [1.82, 2.24) is 9.62 Å². The van der Waals surface area contributed by atoms with Gasteiger partial charge in [0.25, 0.3) is 0 Å². The predicted molar refractivity (Wildman–Crippen MR) is 79.7 cm³/mol. The summed E-state index contributed by atoms with van der Waals surface area (Å²) in [7, 11) is -2.62. The molecule has 1 aliphatic rings. The Balaban J connectivity index is 2.37. The maximum absolute atomic E-state index is 12.6. The van der Waals surface area contributed by atoms with E-state index < -0.39 is 16.0 Å². The zero-order chi connectivity index (χ0) is 15.6. The van der Waals surface area contributed by atoms with Crippen molar-refractivity contribution < 1.29 is 22.7 Å². The molecule has 1 N–H and O–H groups in total. The van der Waals surface area contributed by atoms with Gasteiger partial charge in [-0.25, -0.2) is 13.2 Å². The van der Waals surface area contributed by atoms with E-state index in [2.05, 4.69) is 26.0 Å². The highest BCUT2D eigenvalue weighted by atomic mass is 79.9. The molecule has 2 rings (SSSR count). The monoisotopic (exact) mass is 396 g/mol. The summed E-state index contributed by atoms with van der Waals surface area (Å²) in [6.45, 7) is 0.470. The normalized spacial score (nSPS) is 17.1. The van der Waals surface area contributed by atoms with Crippen molar-refractivity contribution in [2.45, 2.75) is 11.3 Å². The van der Waals surface area contributed by atoms with E-state index >= 15 is 0 Å². The van der Waals surface area contributed by atoms with Crippen LogP contribution in [0.25, 0.3) is 0 Å². The summed E-state index contributed by atoms with van der Waals surface area (Å²) in [4.78, 5) is 23.2. The summed E-state index contributed by atoms with van der Waals surface area (Å²) in [5.74, 6) is -0.939. The molecule has 0 aliphatic carbocycles. The molecule has 116 valence electrons. The van der Waals surface area contributed by atoms with Gasteiger partial charge < -0.3 is 10.1 Å². The molecule has 1 aromatic heterocycles. The number of hydrogen-bond donors (Lipinski definition) is 1. The van der Waals surface area contributed by atoms with Gasteiger partial charge in [0.1, 0.15) is 9.77 Å². The third kappa shape index (κ3) is 3.44. The molecule has 1 aromatic rings. The minimum absolute atomic E-state index is 0.0254. The number of nitrogens with one attached hydrogen (secondary N) is 1. The molecule has 0 radical (unpaired) electrons. The molecule has 0 unspecified atom stereocenters. The molecular formula is C11H13BrN2O5S2. The highest BCUT2D eigenvalue weighted by Crippen LogP contribution is 2.34. The number of esters is 1. The minimum Gasteiger partial charge on any atom is -0.465 e. The first kappa shape index (κ1) is 16.4. The first-order valence-corrected chi connectivity index (χ1v) is 9.05. The van der Waals surface area contributed by atoms with E-state index in [1.165, 1.54) is 13.2 Å². The SMILES string of the molecule is COC(=O)c1cc(S(=O)(=O)N2CCCNC(=O)C2)c(Br)s1. The van der Waals surface area contributed by atoms with Crippen LogP contribution in [0, 0.1) is 0 Å². The highest BCUT2D eigenvalue weighted by Gasteiger charge is 2.31. The Morgan fingerprint density at radius 2 is 2.24 bits per heavy atom. The number of ether oxygens (including phenoxy) is 1. The van der Waals surface area contributed by atoms with E-state index in [-0.39, 0.29) is 28.8 Å². The molecule has 1 saturated heterocycles. The number of halogens is 1. The highest BCUT2D eigenvalue weighted by molar-refractivity contribution is 9.11. The number of rotatable bonds is 3. The zero-order valence-corrected chi connectivity index (χ0v) is 14.3. The third-order valence-electron chi connectivity index (χ3n) is 2.89. The molecule has 0 aromatic carbocycles. The summed E-state index contributed by atoms with van der Waals surface area (Å²) in [6.07, 6.45) is 0.538. The number of methoxy groups -OCH3 is 1. The van der Waals surface area contributed by atoms with Crippen LogP contribution < -0.4 is 5.32 Å². The van der Waals surface area contributed by atoms with Crippen LogP contribution in [-0.4, -0.2) is 51.3 Å². The Morgan fingerprint density at radius 3 is 2.90 bits per heavy atom. The molecule has 1 fully saturated rings. The maximum Gasteiger partial charge on any atom is 0.348 e. The smallest absolute Gasteiger partial charge is 0.348 e. The standard InChI is InChI=1S/C11H13BrN2O5S2/c1-19-11(16)7-5-8(10(12)20-7)21(17,18)14-4-2-3-13-9(15)6-14/h5H,2-4,6H2,1H3,(H,13,15). The van der Waals surface area contributed by atoms with Crippen molar-refractivity contribution >= 4 is 49.2 Å². The van der Waals surface area contributed by atoms with Crippen molar-refractivity contribution in [1.29, 1.82) is 0 Å². The summed E-state index contributed by atoms with van der Waals surface area (Å²) in [5, 5.41) is 2.62. The van der Waals surface area contributed by atoms with E-state index in [1.807, 2.05) is 0 Å². The topological polar surface area (TPSA) is 92.8 Å². The fourth-order valence-electron chi connectivity index (χ4n) is 1.85. The summed E-state index contributed by atoms with van der Waals surface area (Å²) in [6, 6.07) is 1.26. The van der Waals surface area contributed by atoms with Gasteiger partial charge in [0.2, 0.25) is 15.9 Å².